The third-order valence-electron chi connectivity index (χ3n) is 5.24. The summed E-state index contributed by atoms with van der Waals surface area (Å²) < 4.78 is 13.0. The van der Waals surface area contributed by atoms with Crippen molar-refractivity contribution in [2.45, 2.75) is 0 Å². The van der Waals surface area contributed by atoms with Gasteiger partial charge in [-0.15, -0.1) is 0 Å². The molecule has 0 heterocycles. The van der Waals surface area contributed by atoms with E-state index >= 15 is 0 Å². The van der Waals surface area contributed by atoms with E-state index in [1.54, 1.807) is 30.3 Å². The molecule has 0 radical (unpaired) electrons. The van der Waals surface area contributed by atoms with Gasteiger partial charge in [0.25, 0.3) is 17.7 Å². The van der Waals surface area contributed by atoms with Crippen LogP contribution in [0, 0.1) is 5.82 Å². The van der Waals surface area contributed by atoms with E-state index in [0.717, 1.165) is 10.8 Å². The maximum Gasteiger partial charge on any atom is 0.255 e. The summed E-state index contributed by atoms with van der Waals surface area (Å²) in [6.45, 7) is 0.540. The third-order valence-corrected chi connectivity index (χ3v) is 5.24. The Bertz CT molecular complexity index is 1330. The average molecular weight is 455 g/mol. The number of fused-ring (bicyclic) bond motifs is 1. The number of anilines is 1. The number of carbonyl (C=O) groups is 3. The molecular weight excluding hydrogens is 433 g/mol. The van der Waals surface area contributed by atoms with Crippen molar-refractivity contribution in [2.24, 2.45) is 0 Å². The number of nitrogens with one attached hydrogen (secondary N) is 3. The summed E-state index contributed by atoms with van der Waals surface area (Å²) >= 11 is 0. The van der Waals surface area contributed by atoms with Crippen LogP contribution in [0.3, 0.4) is 0 Å². The maximum atomic E-state index is 13.0. The van der Waals surface area contributed by atoms with E-state index in [9.17, 15) is 18.8 Å². The Balaban J connectivity index is 1.26. The third kappa shape index (κ3) is 5.45. The van der Waals surface area contributed by atoms with Gasteiger partial charge in [0.1, 0.15) is 5.82 Å². The fourth-order valence-electron chi connectivity index (χ4n) is 3.48. The molecule has 6 nitrogen and oxygen atoms in total. The van der Waals surface area contributed by atoms with E-state index in [4.69, 9.17) is 0 Å². The Hall–Kier alpha value is -4.52. The first kappa shape index (κ1) is 22.7. The quantitative estimate of drug-likeness (QED) is 0.361. The highest BCUT2D eigenvalue weighted by molar-refractivity contribution is 6.07. The van der Waals surface area contributed by atoms with Crippen molar-refractivity contribution in [2.75, 3.05) is 18.4 Å². The van der Waals surface area contributed by atoms with Crippen molar-refractivity contribution in [3.63, 3.8) is 0 Å². The van der Waals surface area contributed by atoms with Crippen LogP contribution >= 0.6 is 0 Å². The van der Waals surface area contributed by atoms with E-state index in [-0.39, 0.29) is 30.8 Å². The largest absolute Gasteiger partial charge is 0.350 e. The summed E-state index contributed by atoms with van der Waals surface area (Å²) in [5.74, 6) is -1.29. The SMILES string of the molecule is O=C(NCCNC(=O)c1cccc2ccccc12)c1ccc(NC(=O)c2ccc(F)cc2)cc1. The molecule has 0 aliphatic rings. The van der Waals surface area contributed by atoms with Gasteiger partial charge in [-0.2, -0.15) is 0 Å². The number of hydrogen-bond donors (Lipinski definition) is 3. The van der Waals surface area contributed by atoms with Crippen LogP contribution in [0.5, 0.6) is 0 Å². The molecule has 4 rings (SSSR count). The lowest BCUT2D eigenvalue weighted by Gasteiger charge is -2.10. The van der Waals surface area contributed by atoms with Crippen LogP contribution in [0.1, 0.15) is 31.1 Å². The first-order valence-electron chi connectivity index (χ1n) is 10.7. The lowest BCUT2D eigenvalue weighted by atomic mass is 10.0. The summed E-state index contributed by atoms with van der Waals surface area (Å²) in [6, 6.07) is 24.8. The number of benzene rings is 4. The summed E-state index contributed by atoms with van der Waals surface area (Å²) in [6.07, 6.45) is 0. The van der Waals surface area contributed by atoms with Crippen LogP contribution < -0.4 is 16.0 Å². The van der Waals surface area contributed by atoms with Crippen LogP contribution in [0.2, 0.25) is 0 Å². The fourth-order valence-corrected chi connectivity index (χ4v) is 3.48. The minimum Gasteiger partial charge on any atom is -0.350 e. The monoisotopic (exact) mass is 455 g/mol. The molecule has 0 aliphatic carbocycles. The molecule has 7 heteroatoms. The van der Waals surface area contributed by atoms with Gasteiger partial charge in [0, 0.05) is 35.5 Å². The van der Waals surface area contributed by atoms with Gasteiger partial charge in [0.15, 0.2) is 0 Å². The van der Waals surface area contributed by atoms with Gasteiger partial charge in [-0.3, -0.25) is 14.4 Å². The molecule has 3 amide bonds. The minimum absolute atomic E-state index is 0.202. The molecule has 0 saturated carbocycles. The number of amides is 3. The van der Waals surface area contributed by atoms with Crippen LogP contribution in [-0.4, -0.2) is 30.8 Å². The maximum absolute atomic E-state index is 13.0. The highest BCUT2D eigenvalue weighted by Crippen LogP contribution is 2.18. The fraction of sp³-hybridized carbons (Fsp3) is 0.0741. The van der Waals surface area contributed by atoms with E-state index < -0.39 is 5.82 Å². The van der Waals surface area contributed by atoms with Gasteiger partial charge in [-0.25, -0.2) is 4.39 Å². The number of hydrogen-bond acceptors (Lipinski definition) is 3. The first-order valence-corrected chi connectivity index (χ1v) is 10.7. The molecule has 4 aromatic rings. The predicted octanol–water partition coefficient (Wildman–Crippen LogP) is 4.39. The van der Waals surface area contributed by atoms with Crippen LogP contribution in [0.15, 0.2) is 91.0 Å². The van der Waals surface area contributed by atoms with Gasteiger partial charge in [0.2, 0.25) is 0 Å². The van der Waals surface area contributed by atoms with Crippen molar-refractivity contribution in [3.05, 3.63) is 114 Å². The van der Waals surface area contributed by atoms with Gasteiger partial charge >= 0.3 is 0 Å². The Labute approximate surface area is 195 Å². The normalized spacial score (nSPS) is 10.5. The summed E-state index contributed by atoms with van der Waals surface area (Å²) in [5.41, 5.74) is 1.84. The molecule has 4 aromatic carbocycles. The van der Waals surface area contributed by atoms with E-state index in [1.165, 1.54) is 24.3 Å². The molecule has 170 valence electrons. The summed E-state index contributed by atoms with van der Waals surface area (Å²) in [7, 11) is 0. The molecule has 0 spiro atoms. The summed E-state index contributed by atoms with van der Waals surface area (Å²) in [4.78, 5) is 37.1. The molecule has 0 fully saturated rings. The van der Waals surface area contributed by atoms with E-state index in [0.29, 0.717) is 22.4 Å². The highest BCUT2D eigenvalue weighted by atomic mass is 19.1. The second-order valence-electron chi connectivity index (χ2n) is 7.58. The Morgan fingerprint density at radius 1 is 0.618 bits per heavy atom. The predicted molar refractivity (Wildman–Crippen MR) is 129 cm³/mol. The van der Waals surface area contributed by atoms with Crippen LogP contribution in [0.4, 0.5) is 10.1 Å². The van der Waals surface area contributed by atoms with E-state index in [2.05, 4.69) is 16.0 Å². The average Bonchev–Trinajstić information content (AvgIpc) is 2.86. The zero-order valence-electron chi connectivity index (χ0n) is 18.2. The summed E-state index contributed by atoms with van der Waals surface area (Å²) in [5, 5.41) is 10.1. The highest BCUT2D eigenvalue weighted by Gasteiger charge is 2.11. The molecule has 0 unspecified atom stereocenters. The van der Waals surface area contributed by atoms with Crippen LogP contribution in [-0.2, 0) is 0 Å². The van der Waals surface area contributed by atoms with Crippen molar-refractivity contribution >= 4 is 34.2 Å². The molecule has 0 saturated heterocycles. The van der Waals surface area contributed by atoms with Gasteiger partial charge in [0.05, 0.1) is 0 Å². The molecule has 0 bridgehead atoms. The smallest absolute Gasteiger partial charge is 0.255 e. The van der Waals surface area contributed by atoms with Gasteiger partial charge in [-0.05, 0) is 65.4 Å². The topological polar surface area (TPSA) is 87.3 Å². The second-order valence-corrected chi connectivity index (χ2v) is 7.58. The van der Waals surface area contributed by atoms with Crippen molar-refractivity contribution in [3.8, 4) is 0 Å². The molecule has 0 aromatic heterocycles. The second kappa shape index (κ2) is 10.4. The lowest BCUT2D eigenvalue weighted by Crippen LogP contribution is -2.34. The Morgan fingerprint density at radius 3 is 1.94 bits per heavy atom. The molecule has 0 aliphatic heterocycles. The number of carbonyl (C=O) groups excluding carboxylic acids is 3. The van der Waals surface area contributed by atoms with E-state index in [1.807, 2.05) is 36.4 Å². The zero-order chi connectivity index (χ0) is 23.9. The van der Waals surface area contributed by atoms with Crippen molar-refractivity contribution in [1.82, 2.24) is 10.6 Å². The lowest BCUT2D eigenvalue weighted by molar-refractivity contribution is 0.0928. The number of rotatable bonds is 7. The minimum atomic E-state index is -0.417. The standard InChI is InChI=1S/C27H22FN3O3/c28-21-12-8-20(9-13-21)26(33)31-22-14-10-19(11-15-22)25(32)29-16-17-30-27(34)24-7-3-5-18-4-1-2-6-23(18)24/h1-15H,16-17H2,(H,29,32)(H,30,34)(H,31,33). The molecule has 3 N–H and O–H groups in total. The zero-order valence-corrected chi connectivity index (χ0v) is 18.2. The first-order chi connectivity index (χ1) is 16.5. The van der Waals surface area contributed by atoms with Crippen molar-refractivity contribution in [1.29, 1.82) is 0 Å². The number of halogens is 1. The van der Waals surface area contributed by atoms with Crippen LogP contribution in [0.25, 0.3) is 10.8 Å². The molecule has 34 heavy (non-hydrogen) atoms. The van der Waals surface area contributed by atoms with Crippen molar-refractivity contribution < 1.29 is 18.8 Å². The van der Waals surface area contributed by atoms with Gasteiger partial charge in [-0.1, -0.05) is 36.4 Å². The molecule has 0 atom stereocenters. The Morgan fingerprint density at radius 2 is 1.21 bits per heavy atom. The van der Waals surface area contributed by atoms with Gasteiger partial charge < -0.3 is 16.0 Å². The molecular formula is C27H22FN3O3. The Kier molecular flexibility index (Phi) is 6.93.